The lowest BCUT2D eigenvalue weighted by Crippen LogP contribution is -2.17. The van der Waals surface area contributed by atoms with E-state index in [4.69, 9.17) is 11.6 Å². The summed E-state index contributed by atoms with van der Waals surface area (Å²) in [6.07, 6.45) is 3.99. The van der Waals surface area contributed by atoms with Gasteiger partial charge in [0.25, 0.3) is 0 Å². The smallest absolute Gasteiger partial charge is 0.234 e. The van der Waals surface area contributed by atoms with Crippen molar-refractivity contribution in [2.75, 3.05) is 11.1 Å². The van der Waals surface area contributed by atoms with Gasteiger partial charge in [-0.05, 0) is 61.9 Å². The lowest BCUT2D eigenvalue weighted by atomic mass is 9.88. The van der Waals surface area contributed by atoms with Crippen molar-refractivity contribution in [3.8, 4) is 6.07 Å². The van der Waals surface area contributed by atoms with Crippen LogP contribution in [-0.2, 0) is 17.6 Å². The zero-order valence-electron chi connectivity index (χ0n) is 18.2. The quantitative estimate of drug-likeness (QED) is 0.362. The molecular weight excluding hydrogens is 454 g/mol. The first-order valence-electron chi connectivity index (χ1n) is 10.7. The highest BCUT2D eigenvalue weighted by atomic mass is 35.5. The van der Waals surface area contributed by atoms with Gasteiger partial charge in [-0.3, -0.25) is 9.59 Å². The number of pyridine rings is 1. The Bertz CT molecular complexity index is 1270. The number of nitrogens with zero attached hydrogens (tertiary/aromatic N) is 2. The summed E-state index contributed by atoms with van der Waals surface area (Å²) in [5, 5.41) is 13.6. The normalized spacial score (nSPS) is 12.5. The highest BCUT2D eigenvalue weighted by molar-refractivity contribution is 8.00. The topological polar surface area (TPSA) is 82.8 Å². The standard InChI is InChI=1S/C26H22ClN3O2S/c1-16-19-9-5-6-10-20(19)22(14-28)26(29-16)33-15-24(31)30-23-12-11-18(27)13-21(23)25(32)17-7-3-2-4-8-17/h2-4,7-8,11-13H,5-6,9-10,15H2,1H3,(H,30,31). The first-order chi connectivity index (χ1) is 16.0. The van der Waals surface area contributed by atoms with Crippen molar-refractivity contribution < 1.29 is 9.59 Å². The molecule has 166 valence electrons. The van der Waals surface area contributed by atoms with E-state index in [9.17, 15) is 14.9 Å². The molecule has 0 saturated carbocycles. The van der Waals surface area contributed by atoms with E-state index in [0.29, 0.717) is 32.4 Å². The number of carbonyl (C=O) groups is 2. The van der Waals surface area contributed by atoms with Crippen LogP contribution < -0.4 is 5.32 Å². The van der Waals surface area contributed by atoms with Gasteiger partial charge in [-0.2, -0.15) is 5.26 Å². The van der Waals surface area contributed by atoms with Crippen LogP contribution in [-0.4, -0.2) is 22.4 Å². The molecule has 0 spiro atoms. The van der Waals surface area contributed by atoms with Gasteiger partial charge in [-0.25, -0.2) is 4.98 Å². The average molecular weight is 476 g/mol. The van der Waals surface area contributed by atoms with E-state index in [1.807, 2.05) is 13.0 Å². The van der Waals surface area contributed by atoms with Gasteiger partial charge in [-0.15, -0.1) is 0 Å². The summed E-state index contributed by atoms with van der Waals surface area (Å²) < 4.78 is 0. The van der Waals surface area contributed by atoms with Crippen molar-refractivity contribution in [2.45, 2.75) is 37.6 Å². The number of nitriles is 1. The van der Waals surface area contributed by atoms with Gasteiger partial charge in [0, 0.05) is 21.8 Å². The summed E-state index contributed by atoms with van der Waals surface area (Å²) in [5.41, 5.74) is 5.00. The van der Waals surface area contributed by atoms with Crippen LogP contribution in [0.1, 0.15) is 51.1 Å². The van der Waals surface area contributed by atoms with Gasteiger partial charge < -0.3 is 5.32 Å². The first kappa shape index (κ1) is 23.0. The molecule has 1 aromatic heterocycles. The van der Waals surface area contributed by atoms with E-state index >= 15 is 0 Å². The molecule has 0 aliphatic heterocycles. The molecule has 1 aliphatic rings. The fraction of sp³-hybridized carbons (Fsp3) is 0.231. The van der Waals surface area contributed by atoms with E-state index in [-0.39, 0.29) is 17.4 Å². The summed E-state index contributed by atoms with van der Waals surface area (Å²) in [7, 11) is 0. The summed E-state index contributed by atoms with van der Waals surface area (Å²) in [6, 6.07) is 16.0. The molecule has 0 bridgehead atoms. The predicted octanol–water partition coefficient (Wildman–Crippen LogP) is 5.76. The first-order valence-corrected chi connectivity index (χ1v) is 12.1. The third-order valence-electron chi connectivity index (χ3n) is 5.68. The predicted molar refractivity (Wildman–Crippen MR) is 131 cm³/mol. The number of halogens is 1. The zero-order chi connectivity index (χ0) is 23.4. The van der Waals surface area contributed by atoms with Gasteiger partial charge in [0.1, 0.15) is 11.1 Å². The number of thioether (sulfide) groups is 1. The Kier molecular flexibility index (Phi) is 7.12. The molecule has 7 heteroatoms. The maximum Gasteiger partial charge on any atom is 0.234 e. The summed E-state index contributed by atoms with van der Waals surface area (Å²) in [5.74, 6) is -0.438. The van der Waals surface area contributed by atoms with Crippen LogP contribution in [0.15, 0.2) is 53.6 Å². The van der Waals surface area contributed by atoms with Gasteiger partial charge in [-0.1, -0.05) is 53.7 Å². The fourth-order valence-electron chi connectivity index (χ4n) is 4.08. The second kappa shape index (κ2) is 10.2. The van der Waals surface area contributed by atoms with Crippen molar-refractivity contribution in [3.63, 3.8) is 0 Å². The number of carbonyl (C=O) groups excluding carboxylic acids is 2. The largest absolute Gasteiger partial charge is 0.325 e. The van der Waals surface area contributed by atoms with Gasteiger partial charge in [0.2, 0.25) is 5.91 Å². The Morgan fingerprint density at radius 2 is 1.85 bits per heavy atom. The lowest BCUT2D eigenvalue weighted by Gasteiger charge is -2.20. The van der Waals surface area contributed by atoms with E-state index in [2.05, 4.69) is 16.4 Å². The molecule has 3 aromatic rings. The average Bonchev–Trinajstić information content (AvgIpc) is 2.84. The number of fused-ring (bicyclic) bond motifs is 1. The molecule has 5 nitrogen and oxygen atoms in total. The van der Waals surface area contributed by atoms with Crippen LogP contribution in [0.5, 0.6) is 0 Å². The van der Waals surface area contributed by atoms with Crippen LogP contribution in [0.4, 0.5) is 5.69 Å². The molecule has 0 atom stereocenters. The number of aryl methyl sites for hydroxylation is 1. The lowest BCUT2D eigenvalue weighted by molar-refractivity contribution is -0.113. The number of hydrogen-bond donors (Lipinski definition) is 1. The van der Waals surface area contributed by atoms with Crippen molar-refractivity contribution in [1.82, 2.24) is 4.98 Å². The van der Waals surface area contributed by atoms with Crippen LogP contribution in [0.25, 0.3) is 0 Å². The van der Waals surface area contributed by atoms with Crippen LogP contribution in [0.2, 0.25) is 5.02 Å². The number of benzene rings is 2. The third-order valence-corrected chi connectivity index (χ3v) is 6.89. The van der Waals surface area contributed by atoms with E-state index in [1.54, 1.807) is 42.5 Å². The second-order valence-corrected chi connectivity index (χ2v) is 9.28. The van der Waals surface area contributed by atoms with Crippen LogP contribution >= 0.6 is 23.4 Å². The highest BCUT2D eigenvalue weighted by Gasteiger charge is 2.22. The molecule has 0 fully saturated rings. The van der Waals surface area contributed by atoms with E-state index in [0.717, 1.165) is 36.9 Å². The number of nitrogens with one attached hydrogen (secondary N) is 1. The molecule has 1 N–H and O–H groups in total. The fourth-order valence-corrected chi connectivity index (χ4v) is 5.11. The molecule has 0 radical (unpaired) electrons. The molecule has 0 unspecified atom stereocenters. The Balaban J connectivity index is 1.52. The van der Waals surface area contributed by atoms with E-state index in [1.165, 1.54) is 17.3 Å². The van der Waals surface area contributed by atoms with Gasteiger partial charge in [0.05, 0.1) is 17.0 Å². The maximum absolute atomic E-state index is 13.0. The molecule has 1 amide bonds. The number of anilines is 1. The summed E-state index contributed by atoms with van der Waals surface area (Å²) in [4.78, 5) is 30.4. The highest BCUT2D eigenvalue weighted by Crippen LogP contribution is 2.32. The van der Waals surface area contributed by atoms with Crippen molar-refractivity contribution in [3.05, 3.63) is 87.1 Å². The number of ketones is 1. The monoisotopic (exact) mass is 475 g/mol. The number of aromatic nitrogens is 1. The van der Waals surface area contributed by atoms with Crippen LogP contribution in [0.3, 0.4) is 0 Å². The molecule has 33 heavy (non-hydrogen) atoms. The van der Waals surface area contributed by atoms with Gasteiger partial charge >= 0.3 is 0 Å². The van der Waals surface area contributed by atoms with Gasteiger partial charge in [0.15, 0.2) is 5.78 Å². The minimum absolute atomic E-state index is 0.0709. The molecular formula is C26H22ClN3O2S. The van der Waals surface area contributed by atoms with E-state index < -0.39 is 0 Å². The molecule has 4 rings (SSSR count). The van der Waals surface area contributed by atoms with Crippen molar-refractivity contribution in [1.29, 1.82) is 5.26 Å². The summed E-state index contributed by atoms with van der Waals surface area (Å²) in [6.45, 7) is 1.96. The molecule has 2 aromatic carbocycles. The minimum atomic E-state index is -0.287. The number of amides is 1. The third kappa shape index (κ3) is 5.11. The summed E-state index contributed by atoms with van der Waals surface area (Å²) >= 11 is 7.37. The van der Waals surface area contributed by atoms with Crippen molar-refractivity contribution >= 4 is 40.7 Å². The maximum atomic E-state index is 13.0. The van der Waals surface area contributed by atoms with Crippen LogP contribution in [0, 0.1) is 18.3 Å². The minimum Gasteiger partial charge on any atom is -0.325 e. The molecule has 1 heterocycles. The molecule has 1 aliphatic carbocycles. The Labute approximate surface area is 202 Å². The SMILES string of the molecule is Cc1nc(SCC(=O)Nc2ccc(Cl)cc2C(=O)c2ccccc2)c(C#N)c2c1CCCC2. The Hall–Kier alpha value is -3.14. The zero-order valence-corrected chi connectivity index (χ0v) is 19.7. The van der Waals surface area contributed by atoms with Crippen molar-refractivity contribution in [2.24, 2.45) is 0 Å². The number of hydrogen-bond acceptors (Lipinski definition) is 5. The Morgan fingerprint density at radius 1 is 1.12 bits per heavy atom. The second-order valence-electron chi connectivity index (χ2n) is 7.88. The Morgan fingerprint density at radius 3 is 2.58 bits per heavy atom. The molecule has 0 saturated heterocycles. The number of rotatable bonds is 6.